The largest absolute Gasteiger partial charge is 0.367 e. The summed E-state index contributed by atoms with van der Waals surface area (Å²) in [7, 11) is 0. The topological polar surface area (TPSA) is 83.8 Å². The number of imidazole rings is 1. The van der Waals surface area contributed by atoms with Gasteiger partial charge in [-0.25, -0.2) is 14.4 Å². The van der Waals surface area contributed by atoms with Crippen LogP contribution >= 0.6 is 0 Å². The Bertz CT molecular complexity index is 1290. The molecule has 2 unspecified atom stereocenters. The molecule has 0 aromatic carbocycles. The number of rotatable bonds is 4. The van der Waals surface area contributed by atoms with Crippen molar-refractivity contribution in [3.63, 3.8) is 0 Å². The molecule has 4 heterocycles. The average Bonchev–Trinajstić information content (AvgIpc) is 3.11. The normalized spacial score (nSPS) is 22.3. The Morgan fingerprint density at radius 2 is 2.16 bits per heavy atom. The van der Waals surface area contributed by atoms with E-state index in [4.69, 9.17) is 4.98 Å². The van der Waals surface area contributed by atoms with Gasteiger partial charge in [-0.1, -0.05) is 13.8 Å². The Kier molecular flexibility index (Phi) is 3.94. The van der Waals surface area contributed by atoms with Crippen molar-refractivity contribution in [1.82, 2.24) is 29.5 Å². The zero-order valence-corrected chi connectivity index (χ0v) is 17.6. The van der Waals surface area contributed by atoms with Crippen LogP contribution in [0.2, 0.25) is 0 Å². The predicted octanol–water partition coefficient (Wildman–Crippen LogP) is 4.14. The van der Waals surface area contributed by atoms with Crippen molar-refractivity contribution in [1.29, 1.82) is 0 Å². The highest BCUT2D eigenvalue weighted by Gasteiger charge is 2.55. The fourth-order valence-electron chi connectivity index (χ4n) is 4.92. The molecule has 4 aromatic rings. The van der Waals surface area contributed by atoms with E-state index in [1.165, 1.54) is 23.7 Å². The summed E-state index contributed by atoms with van der Waals surface area (Å²) >= 11 is 0. The summed E-state index contributed by atoms with van der Waals surface area (Å²) < 4.78 is 15.7. The van der Waals surface area contributed by atoms with E-state index in [-0.39, 0.29) is 17.2 Å². The first kappa shape index (κ1) is 18.5. The lowest BCUT2D eigenvalue weighted by atomic mass is 9.86. The smallest absolute Gasteiger partial charge is 0.161 e. The number of nitrogens with zero attached hydrogens (tertiary/aromatic N) is 5. The van der Waals surface area contributed by atoms with E-state index in [0.29, 0.717) is 17.3 Å². The Balaban J connectivity index is 1.39. The molecule has 1 fully saturated rings. The molecule has 1 spiro atoms. The zero-order chi connectivity index (χ0) is 21.2. The van der Waals surface area contributed by atoms with Crippen LogP contribution in [0.1, 0.15) is 49.6 Å². The number of aryl methyl sites for hydroxylation is 1. The second-order valence-corrected chi connectivity index (χ2v) is 9.18. The molecule has 1 saturated carbocycles. The molecule has 158 valence electrons. The van der Waals surface area contributed by atoms with E-state index in [1.54, 1.807) is 12.5 Å². The Hall–Kier alpha value is -3.29. The summed E-state index contributed by atoms with van der Waals surface area (Å²) in [5.41, 5.74) is 5.95. The van der Waals surface area contributed by atoms with Gasteiger partial charge in [0.15, 0.2) is 5.65 Å². The Labute approximate surface area is 179 Å². The van der Waals surface area contributed by atoms with Crippen LogP contribution in [-0.2, 0) is 12.8 Å². The van der Waals surface area contributed by atoms with Gasteiger partial charge in [0.2, 0.25) is 0 Å². The molecule has 6 rings (SSSR count). The second-order valence-electron chi connectivity index (χ2n) is 9.18. The first-order valence-electron chi connectivity index (χ1n) is 10.8. The number of hydrogen-bond acceptors (Lipinski definition) is 5. The lowest BCUT2D eigenvalue weighted by Gasteiger charge is -2.23. The van der Waals surface area contributed by atoms with Crippen molar-refractivity contribution in [3.8, 4) is 11.3 Å². The van der Waals surface area contributed by atoms with E-state index >= 15 is 0 Å². The van der Waals surface area contributed by atoms with Crippen LogP contribution in [0.3, 0.4) is 0 Å². The quantitative estimate of drug-likeness (QED) is 0.521. The highest BCUT2D eigenvalue weighted by Crippen LogP contribution is 2.55. The standard InChI is InChI=1S/C23H24FN7/c1-13(2)16-11-28-31-21(6-18(29-22(16)31)14-5-15(24)10-25-9-14)30-20-8-23(20)4-3-17-19(7-23)27-12-26-17/h5-6,9-13,20,30H,3-4,7-8H2,1-2H3,(H,26,27). The number of nitrogens with one attached hydrogen (secondary N) is 2. The molecular weight excluding hydrogens is 393 g/mol. The van der Waals surface area contributed by atoms with Gasteiger partial charge >= 0.3 is 0 Å². The number of halogens is 1. The number of hydrogen-bond donors (Lipinski definition) is 2. The van der Waals surface area contributed by atoms with Crippen LogP contribution in [-0.4, -0.2) is 35.6 Å². The molecule has 2 N–H and O–H groups in total. The van der Waals surface area contributed by atoms with Gasteiger partial charge in [0, 0.05) is 35.1 Å². The minimum atomic E-state index is -0.370. The van der Waals surface area contributed by atoms with Crippen LogP contribution in [0.15, 0.2) is 37.1 Å². The maximum Gasteiger partial charge on any atom is 0.161 e. The molecule has 4 aromatic heterocycles. The van der Waals surface area contributed by atoms with E-state index < -0.39 is 0 Å². The monoisotopic (exact) mass is 417 g/mol. The average molecular weight is 417 g/mol. The molecule has 0 saturated heterocycles. The SMILES string of the molecule is CC(C)c1cnn2c(NC3CC34CCc3nc[nH]c3C4)cc(-c3cncc(F)c3)nc12. The Morgan fingerprint density at radius 3 is 3.00 bits per heavy atom. The lowest BCUT2D eigenvalue weighted by Crippen LogP contribution is -2.23. The third kappa shape index (κ3) is 3.00. The fourth-order valence-corrected chi connectivity index (χ4v) is 4.92. The van der Waals surface area contributed by atoms with E-state index in [2.05, 4.69) is 39.2 Å². The molecule has 0 aliphatic heterocycles. The summed E-state index contributed by atoms with van der Waals surface area (Å²) in [6.07, 6.45) is 10.8. The van der Waals surface area contributed by atoms with Gasteiger partial charge in [0.1, 0.15) is 11.6 Å². The van der Waals surface area contributed by atoms with Crippen molar-refractivity contribution in [2.24, 2.45) is 5.41 Å². The minimum Gasteiger partial charge on any atom is -0.367 e. The van der Waals surface area contributed by atoms with E-state index in [0.717, 1.165) is 42.7 Å². The molecule has 0 bridgehead atoms. The molecular formula is C23H24FN7. The maximum atomic E-state index is 13.8. The molecule has 0 radical (unpaired) electrons. The van der Waals surface area contributed by atoms with E-state index in [1.807, 2.05) is 16.8 Å². The number of fused-ring (bicyclic) bond motifs is 2. The first-order chi connectivity index (χ1) is 15.0. The van der Waals surface area contributed by atoms with Gasteiger partial charge in [-0.2, -0.15) is 9.61 Å². The van der Waals surface area contributed by atoms with Gasteiger partial charge in [0.05, 0.1) is 30.1 Å². The van der Waals surface area contributed by atoms with Crippen molar-refractivity contribution >= 4 is 11.5 Å². The number of aromatic nitrogens is 6. The molecule has 31 heavy (non-hydrogen) atoms. The Morgan fingerprint density at radius 1 is 1.26 bits per heavy atom. The summed E-state index contributed by atoms with van der Waals surface area (Å²) in [6, 6.07) is 3.79. The van der Waals surface area contributed by atoms with Crippen molar-refractivity contribution in [3.05, 3.63) is 59.8 Å². The van der Waals surface area contributed by atoms with Crippen LogP contribution in [0.5, 0.6) is 0 Å². The predicted molar refractivity (Wildman–Crippen MR) is 115 cm³/mol. The number of pyridine rings is 1. The van der Waals surface area contributed by atoms with Crippen LogP contribution in [0.25, 0.3) is 16.9 Å². The highest BCUT2D eigenvalue weighted by atomic mass is 19.1. The number of anilines is 1. The number of aromatic amines is 1. The van der Waals surface area contributed by atoms with Crippen molar-refractivity contribution < 1.29 is 4.39 Å². The van der Waals surface area contributed by atoms with E-state index in [9.17, 15) is 4.39 Å². The first-order valence-corrected chi connectivity index (χ1v) is 10.8. The molecule has 2 atom stereocenters. The molecule has 2 aliphatic rings. The third-order valence-corrected chi connectivity index (χ3v) is 6.83. The molecule has 0 amide bonds. The third-order valence-electron chi connectivity index (χ3n) is 6.83. The fraction of sp³-hybridized carbons (Fsp3) is 0.391. The molecule has 2 aliphatic carbocycles. The zero-order valence-electron chi connectivity index (χ0n) is 17.6. The van der Waals surface area contributed by atoms with Gasteiger partial charge in [-0.15, -0.1) is 0 Å². The van der Waals surface area contributed by atoms with Gasteiger partial charge in [0.25, 0.3) is 0 Å². The highest BCUT2D eigenvalue weighted by molar-refractivity contribution is 5.68. The van der Waals surface area contributed by atoms with Crippen LogP contribution < -0.4 is 5.32 Å². The summed E-state index contributed by atoms with van der Waals surface area (Å²) in [5, 5.41) is 8.35. The summed E-state index contributed by atoms with van der Waals surface area (Å²) in [4.78, 5) is 16.6. The van der Waals surface area contributed by atoms with Crippen molar-refractivity contribution in [2.75, 3.05) is 5.32 Å². The maximum absolute atomic E-state index is 13.8. The minimum absolute atomic E-state index is 0.254. The van der Waals surface area contributed by atoms with Gasteiger partial charge < -0.3 is 10.3 Å². The van der Waals surface area contributed by atoms with Crippen LogP contribution in [0, 0.1) is 11.2 Å². The van der Waals surface area contributed by atoms with Gasteiger partial charge in [-0.3, -0.25) is 4.98 Å². The van der Waals surface area contributed by atoms with Gasteiger partial charge in [-0.05, 0) is 43.1 Å². The molecule has 7 nitrogen and oxygen atoms in total. The second kappa shape index (κ2) is 6.60. The van der Waals surface area contributed by atoms with Crippen molar-refractivity contribution in [2.45, 2.75) is 51.5 Å². The summed E-state index contributed by atoms with van der Waals surface area (Å²) in [6.45, 7) is 4.25. The lowest BCUT2D eigenvalue weighted by molar-refractivity contribution is 0.419. The summed E-state index contributed by atoms with van der Waals surface area (Å²) in [5.74, 6) is 0.793. The molecule has 8 heteroatoms. The van der Waals surface area contributed by atoms with Crippen LogP contribution in [0.4, 0.5) is 10.2 Å². The number of H-pyrrole nitrogens is 1.